The summed E-state index contributed by atoms with van der Waals surface area (Å²) in [6.07, 6.45) is 2.92. The predicted molar refractivity (Wildman–Crippen MR) is 69.8 cm³/mol. The van der Waals surface area contributed by atoms with Crippen LogP contribution in [0.3, 0.4) is 0 Å². The lowest BCUT2D eigenvalue weighted by Gasteiger charge is -2.01. The van der Waals surface area contributed by atoms with E-state index >= 15 is 0 Å². The lowest BCUT2D eigenvalue weighted by atomic mass is 10.1. The van der Waals surface area contributed by atoms with E-state index in [9.17, 15) is 9.59 Å². The van der Waals surface area contributed by atoms with Crippen LogP contribution in [0.1, 0.15) is 18.1 Å². The normalized spacial score (nSPS) is 9.89. The molecule has 0 fully saturated rings. The first-order chi connectivity index (χ1) is 9.15. The minimum Gasteiger partial charge on any atom is -0.465 e. The standard InChI is InChI=1S/C14H14N2O3/c1-2-19-14(18)10-16-13(17)8-7-11-3-5-12(9-15)6-4-11/h3-8H,2,10H2,1H3,(H,16,17)/b8-7+. The van der Waals surface area contributed by atoms with Crippen molar-refractivity contribution in [3.05, 3.63) is 41.5 Å². The van der Waals surface area contributed by atoms with Gasteiger partial charge >= 0.3 is 5.97 Å². The molecule has 0 spiro atoms. The maximum atomic E-state index is 11.4. The van der Waals surface area contributed by atoms with Gasteiger partial charge < -0.3 is 10.1 Å². The summed E-state index contributed by atoms with van der Waals surface area (Å²) in [4.78, 5) is 22.4. The second kappa shape index (κ2) is 7.67. The first-order valence-electron chi connectivity index (χ1n) is 5.77. The zero-order valence-corrected chi connectivity index (χ0v) is 10.6. The van der Waals surface area contributed by atoms with E-state index in [1.54, 1.807) is 37.3 Å². The molecule has 5 nitrogen and oxygen atoms in total. The largest absolute Gasteiger partial charge is 0.465 e. The summed E-state index contributed by atoms with van der Waals surface area (Å²) in [5, 5.41) is 11.0. The highest BCUT2D eigenvalue weighted by molar-refractivity contribution is 5.93. The van der Waals surface area contributed by atoms with E-state index in [4.69, 9.17) is 5.26 Å². The molecule has 1 amide bonds. The molecule has 0 aliphatic heterocycles. The molecule has 0 saturated carbocycles. The summed E-state index contributed by atoms with van der Waals surface area (Å²) >= 11 is 0. The van der Waals surface area contributed by atoms with Crippen LogP contribution in [0.4, 0.5) is 0 Å². The van der Waals surface area contributed by atoms with Crippen LogP contribution in [0.15, 0.2) is 30.3 Å². The molecule has 1 rings (SSSR count). The van der Waals surface area contributed by atoms with Crippen molar-refractivity contribution in [3.8, 4) is 6.07 Å². The molecule has 0 bridgehead atoms. The second-order valence-corrected chi connectivity index (χ2v) is 3.59. The predicted octanol–water partition coefficient (Wildman–Crippen LogP) is 1.25. The molecule has 0 unspecified atom stereocenters. The average Bonchev–Trinajstić information content (AvgIpc) is 2.44. The molecule has 0 aromatic heterocycles. The van der Waals surface area contributed by atoms with E-state index in [0.29, 0.717) is 5.56 Å². The van der Waals surface area contributed by atoms with Gasteiger partial charge in [-0.15, -0.1) is 0 Å². The van der Waals surface area contributed by atoms with E-state index < -0.39 is 5.97 Å². The number of ether oxygens (including phenoxy) is 1. The first-order valence-corrected chi connectivity index (χ1v) is 5.77. The van der Waals surface area contributed by atoms with E-state index in [2.05, 4.69) is 10.1 Å². The van der Waals surface area contributed by atoms with Crippen LogP contribution in [0.5, 0.6) is 0 Å². The summed E-state index contributed by atoms with van der Waals surface area (Å²) in [6.45, 7) is 1.84. The van der Waals surface area contributed by atoms with Gasteiger partial charge in [0.05, 0.1) is 18.2 Å². The average molecular weight is 258 g/mol. The molecule has 98 valence electrons. The summed E-state index contributed by atoms with van der Waals surface area (Å²) in [5.41, 5.74) is 1.36. The van der Waals surface area contributed by atoms with Gasteiger partial charge in [0.15, 0.2) is 0 Å². The van der Waals surface area contributed by atoms with Crippen molar-refractivity contribution in [3.63, 3.8) is 0 Å². The number of hydrogen-bond donors (Lipinski definition) is 1. The summed E-state index contributed by atoms with van der Waals surface area (Å²) < 4.78 is 4.67. The number of nitrogens with zero attached hydrogens (tertiary/aromatic N) is 1. The second-order valence-electron chi connectivity index (χ2n) is 3.59. The summed E-state index contributed by atoms with van der Waals surface area (Å²) in [5.74, 6) is -0.847. The molecule has 1 N–H and O–H groups in total. The van der Waals surface area contributed by atoms with Crippen LogP contribution in [0.25, 0.3) is 6.08 Å². The number of benzene rings is 1. The fourth-order valence-corrected chi connectivity index (χ4v) is 1.27. The van der Waals surface area contributed by atoms with E-state index in [-0.39, 0.29) is 19.1 Å². The van der Waals surface area contributed by atoms with Crippen molar-refractivity contribution in [1.82, 2.24) is 5.32 Å². The Kier molecular flexibility index (Phi) is 5.83. The quantitative estimate of drug-likeness (QED) is 0.636. The zero-order chi connectivity index (χ0) is 14.1. The minimum atomic E-state index is -0.470. The van der Waals surface area contributed by atoms with Crippen LogP contribution in [-0.2, 0) is 14.3 Å². The van der Waals surface area contributed by atoms with Crippen LogP contribution < -0.4 is 5.32 Å². The molecule has 0 saturated heterocycles. The number of amides is 1. The molecule has 0 aliphatic carbocycles. The molecule has 0 heterocycles. The smallest absolute Gasteiger partial charge is 0.325 e. The zero-order valence-electron chi connectivity index (χ0n) is 10.6. The number of esters is 1. The maximum Gasteiger partial charge on any atom is 0.325 e. The molecule has 0 atom stereocenters. The van der Waals surface area contributed by atoms with Gasteiger partial charge in [0.1, 0.15) is 6.54 Å². The Labute approximate surface area is 111 Å². The topological polar surface area (TPSA) is 79.2 Å². The minimum absolute atomic E-state index is 0.148. The molecule has 1 aromatic rings. The number of nitrogens with one attached hydrogen (secondary N) is 1. The van der Waals surface area contributed by atoms with Crippen LogP contribution in [0, 0.1) is 11.3 Å². The van der Waals surface area contributed by atoms with Crippen molar-refractivity contribution in [1.29, 1.82) is 5.26 Å². The Morgan fingerprint density at radius 1 is 1.37 bits per heavy atom. The molecule has 0 aliphatic rings. The molecular weight excluding hydrogens is 244 g/mol. The maximum absolute atomic E-state index is 11.4. The highest BCUT2D eigenvalue weighted by atomic mass is 16.5. The number of rotatable bonds is 5. The van der Waals surface area contributed by atoms with Gasteiger partial charge in [-0.1, -0.05) is 12.1 Å². The third-order valence-corrected chi connectivity index (χ3v) is 2.18. The van der Waals surface area contributed by atoms with Crippen LogP contribution >= 0.6 is 0 Å². The Bertz CT molecular complexity index is 512. The van der Waals surface area contributed by atoms with Crippen LogP contribution in [-0.4, -0.2) is 25.0 Å². The molecule has 1 aromatic carbocycles. The monoisotopic (exact) mass is 258 g/mol. The van der Waals surface area contributed by atoms with Crippen molar-refractivity contribution in [2.75, 3.05) is 13.2 Å². The fourth-order valence-electron chi connectivity index (χ4n) is 1.27. The van der Waals surface area contributed by atoms with Gasteiger partial charge in [0, 0.05) is 6.08 Å². The molecule has 0 radical (unpaired) electrons. The van der Waals surface area contributed by atoms with E-state index in [0.717, 1.165) is 5.56 Å². The van der Waals surface area contributed by atoms with Gasteiger partial charge in [-0.05, 0) is 30.7 Å². The Balaban J connectivity index is 2.45. The van der Waals surface area contributed by atoms with E-state index in [1.165, 1.54) is 6.08 Å². The summed E-state index contributed by atoms with van der Waals surface area (Å²) in [7, 11) is 0. The SMILES string of the molecule is CCOC(=O)CNC(=O)/C=C/c1ccc(C#N)cc1. The van der Waals surface area contributed by atoms with Crippen molar-refractivity contribution >= 4 is 18.0 Å². The number of hydrogen-bond acceptors (Lipinski definition) is 4. The van der Waals surface area contributed by atoms with Gasteiger partial charge in [0.2, 0.25) is 5.91 Å². The Morgan fingerprint density at radius 2 is 2.05 bits per heavy atom. The summed E-state index contributed by atoms with van der Waals surface area (Å²) in [6, 6.07) is 8.79. The highest BCUT2D eigenvalue weighted by Gasteiger charge is 2.02. The molecule has 5 heteroatoms. The van der Waals surface area contributed by atoms with Crippen LogP contribution in [0.2, 0.25) is 0 Å². The third kappa shape index (κ3) is 5.50. The van der Waals surface area contributed by atoms with Gasteiger partial charge in [-0.3, -0.25) is 9.59 Å². The van der Waals surface area contributed by atoms with Crippen molar-refractivity contribution in [2.24, 2.45) is 0 Å². The molecule has 19 heavy (non-hydrogen) atoms. The fraction of sp³-hybridized carbons (Fsp3) is 0.214. The lowest BCUT2D eigenvalue weighted by molar-refractivity contribution is -0.143. The Hall–Kier alpha value is -2.61. The number of carbonyl (C=O) groups excluding carboxylic acids is 2. The lowest BCUT2D eigenvalue weighted by Crippen LogP contribution is -2.29. The third-order valence-electron chi connectivity index (χ3n) is 2.18. The van der Waals surface area contributed by atoms with E-state index in [1.807, 2.05) is 6.07 Å². The van der Waals surface area contributed by atoms with Gasteiger partial charge in [-0.2, -0.15) is 5.26 Å². The number of nitriles is 1. The van der Waals surface area contributed by atoms with Gasteiger partial charge in [-0.25, -0.2) is 0 Å². The van der Waals surface area contributed by atoms with Crippen molar-refractivity contribution in [2.45, 2.75) is 6.92 Å². The highest BCUT2D eigenvalue weighted by Crippen LogP contribution is 2.04. The Morgan fingerprint density at radius 3 is 2.63 bits per heavy atom. The first kappa shape index (κ1) is 14.5. The van der Waals surface area contributed by atoms with Gasteiger partial charge in [0.25, 0.3) is 0 Å². The van der Waals surface area contributed by atoms with Crippen molar-refractivity contribution < 1.29 is 14.3 Å². The number of carbonyl (C=O) groups is 2. The molecular formula is C14H14N2O3.